The third-order valence-electron chi connectivity index (χ3n) is 6.47. The molecule has 2 amide bonds. The summed E-state index contributed by atoms with van der Waals surface area (Å²) in [5.41, 5.74) is 2.03. The van der Waals surface area contributed by atoms with Gasteiger partial charge < -0.3 is 19.8 Å². The van der Waals surface area contributed by atoms with Crippen molar-refractivity contribution in [1.29, 1.82) is 0 Å². The molecule has 0 bridgehead atoms. The maximum absolute atomic E-state index is 13.3. The van der Waals surface area contributed by atoms with Crippen molar-refractivity contribution in [2.45, 2.75) is 37.5 Å². The van der Waals surface area contributed by atoms with Crippen molar-refractivity contribution in [3.8, 4) is 11.5 Å². The van der Waals surface area contributed by atoms with E-state index in [1.54, 1.807) is 47.2 Å². The van der Waals surface area contributed by atoms with E-state index in [2.05, 4.69) is 0 Å². The predicted octanol–water partition coefficient (Wildman–Crippen LogP) is 5.43. The molecule has 0 aliphatic carbocycles. The second kappa shape index (κ2) is 10.1. The monoisotopic (exact) mass is 464 g/mol. The summed E-state index contributed by atoms with van der Waals surface area (Å²) in [5, 5.41) is 21.4. The maximum atomic E-state index is 13.3. The van der Waals surface area contributed by atoms with Crippen LogP contribution in [-0.2, 0) is 0 Å². The van der Waals surface area contributed by atoms with Crippen molar-refractivity contribution >= 4 is 11.7 Å². The fourth-order valence-corrected chi connectivity index (χ4v) is 4.64. The summed E-state index contributed by atoms with van der Waals surface area (Å²) in [7, 11) is 3.30. The Morgan fingerprint density at radius 2 is 1.76 bits per heavy atom. The molecule has 3 aromatic rings. The Labute approximate surface area is 198 Å². The van der Waals surface area contributed by atoms with Gasteiger partial charge in [0.2, 0.25) is 0 Å². The number of ether oxygens (including phenoxy) is 1. The number of methoxy groups -OCH3 is 1. The van der Waals surface area contributed by atoms with Crippen LogP contribution < -0.4 is 9.64 Å². The first kappa shape index (κ1) is 23.6. The molecule has 4 rings (SSSR count). The highest BCUT2D eigenvalue weighted by Gasteiger charge is 2.46. The topological polar surface area (TPSA) is 73.2 Å². The van der Waals surface area contributed by atoms with Crippen LogP contribution in [-0.4, -0.2) is 41.3 Å². The fourth-order valence-electron chi connectivity index (χ4n) is 4.64. The number of hydrogen-bond acceptors (Lipinski definition) is 4. The van der Waals surface area contributed by atoms with E-state index in [0.29, 0.717) is 36.1 Å². The van der Waals surface area contributed by atoms with Crippen molar-refractivity contribution in [3.05, 3.63) is 89.7 Å². The van der Waals surface area contributed by atoms with Gasteiger partial charge in [-0.2, -0.15) is 0 Å². The number of urea groups is 1. The lowest BCUT2D eigenvalue weighted by Crippen LogP contribution is -2.31. The Morgan fingerprint density at radius 3 is 2.41 bits per heavy atom. The van der Waals surface area contributed by atoms with Crippen molar-refractivity contribution in [1.82, 2.24) is 4.90 Å². The van der Waals surface area contributed by atoms with Crippen LogP contribution in [0.2, 0.25) is 0 Å². The molecule has 0 aromatic heterocycles. The number of likely N-dealkylation sites (N-methyl/N-ethyl adjacent to an activating group) is 1. The van der Waals surface area contributed by atoms with Crippen molar-refractivity contribution in [3.63, 3.8) is 0 Å². The molecule has 1 aliphatic rings. The lowest BCUT2D eigenvalue weighted by Gasteiger charge is -2.28. The number of carbonyl (C=O) groups is 1. The van der Waals surface area contributed by atoms with Gasteiger partial charge in [0.15, 0.2) is 0 Å². The van der Waals surface area contributed by atoms with E-state index in [1.165, 1.54) is 19.2 Å². The number of nitrogens with zero attached hydrogens (tertiary/aromatic N) is 2. The first-order chi connectivity index (χ1) is 16.4. The summed E-state index contributed by atoms with van der Waals surface area (Å²) in [6.45, 7) is 0. The number of rotatable bonds is 8. The molecular weight excluding hydrogens is 435 g/mol. The molecule has 34 heavy (non-hydrogen) atoms. The summed E-state index contributed by atoms with van der Waals surface area (Å²) in [4.78, 5) is 16.8. The van der Waals surface area contributed by atoms with E-state index in [0.717, 1.165) is 5.69 Å². The number of hydrogen-bond donors (Lipinski definition) is 2. The maximum Gasteiger partial charge on any atom is 0.325 e. The molecule has 6 nitrogen and oxygen atoms in total. The van der Waals surface area contributed by atoms with Gasteiger partial charge >= 0.3 is 6.03 Å². The minimum atomic E-state index is -0.721. The number of halogens is 1. The number of carbonyl (C=O) groups excluding carboxylic acids is 1. The molecule has 2 N–H and O–H groups in total. The summed E-state index contributed by atoms with van der Waals surface area (Å²) in [6.07, 6.45) is 0.995. The minimum Gasteiger partial charge on any atom is -0.507 e. The van der Waals surface area contributed by atoms with Crippen molar-refractivity contribution in [2.24, 2.45) is 0 Å². The highest BCUT2D eigenvalue weighted by molar-refractivity contribution is 5.95. The van der Waals surface area contributed by atoms with Crippen LogP contribution in [0.5, 0.6) is 11.5 Å². The zero-order chi connectivity index (χ0) is 24.2. The lowest BCUT2D eigenvalue weighted by atomic mass is 9.92. The van der Waals surface area contributed by atoms with Crippen molar-refractivity contribution in [2.75, 3.05) is 19.1 Å². The number of amides is 2. The SMILES string of the molecule is COc1ccc([C@@H]2[C@@H](CCC[C@@H](O)c3ccc(F)cc3)N(C)C(=O)N2c2ccccc2)c(O)c1. The molecule has 3 aromatic carbocycles. The molecule has 1 heterocycles. The van der Waals surface area contributed by atoms with Crippen LogP contribution in [0.25, 0.3) is 0 Å². The third-order valence-corrected chi connectivity index (χ3v) is 6.47. The first-order valence-electron chi connectivity index (χ1n) is 11.3. The molecule has 0 radical (unpaired) electrons. The van der Waals surface area contributed by atoms with Crippen LogP contribution in [0.15, 0.2) is 72.8 Å². The van der Waals surface area contributed by atoms with Gasteiger partial charge in [0, 0.05) is 24.4 Å². The van der Waals surface area contributed by atoms with Crippen LogP contribution in [0.3, 0.4) is 0 Å². The van der Waals surface area contributed by atoms with Crippen molar-refractivity contribution < 1.29 is 24.1 Å². The molecular formula is C27H29FN2O4. The summed E-state index contributed by atoms with van der Waals surface area (Å²) >= 11 is 0. The van der Waals surface area contributed by atoms with Gasteiger partial charge in [0.1, 0.15) is 17.3 Å². The van der Waals surface area contributed by atoms with E-state index in [9.17, 15) is 19.4 Å². The van der Waals surface area contributed by atoms with Crippen LogP contribution in [0.4, 0.5) is 14.9 Å². The molecule has 0 spiro atoms. The number of phenols is 1. The van der Waals surface area contributed by atoms with Gasteiger partial charge in [-0.15, -0.1) is 0 Å². The average Bonchev–Trinajstić information content (AvgIpc) is 3.09. The van der Waals surface area contributed by atoms with E-state index in [4.69, 9.17) is 4.74 Å². The quantitative estimate of drug-likeness (QED) is 0.467. The highest BCUT2D eigenvalue weighted by Crippen LogP contribution is 2.44. The fraction of sp³-hybridized carbons (Fsp3) is 0.296. The normalized spacial score (nSPS) is 18.9. The lowest BCUT2D eigenvalue weighted by molar-refractivity contribution is 0.158. The Balaban J connectivity index is 1.60. The van der Waals surface area contributed by atoms with Gasteiger partial charge in [-0.1, -0.05) is 30.3 Å². The largest absolute Gasteiger partial charge is 0.507 e. The molecule has 3 atom stereocenters. The molecule has 1 fully saturated rings. The molecule has 0 unspecified atom stereocenters. The number of anilines is 1. The Hall–Kier alpha value is -3.58. The standard InChI is InChI=1S/C27H29FN2O4/c1-29-23(9-6-10-24(31)18-11-13-19(28)14-12-18)26(22-16-15-21(34-2)17-25(22)32)30(27(29)33)20-7-4-3-5-8-20/h3-5,7-8,11-17,23-24,26,31-32H,6,9-10H2,1-2H3/t23-,24-,26-/m1/s1. The molecule has 1 saturated heterocycles. The molecule has 1 aliphatic heterocycles. The van der Waals surface area contributed by atoms with E-state index in [-0.39, 0.29) is 23.6 Å². The van der Waals surface area contributed by atoms with Gasteiger partial charge in [-0.25, -0.2) is 9.18 Å². The van der Waals surface area contributed by atoms with Crippen LogP contribution in [0.1, 0.15) is 42.5 Å². The zero-order valence-electron chi connectivity index (χ0n) is 19.3. The Morgan fingerprint density at radius 1 is 1.06 bits per heavy atom. The Bertz CT molecular complexity index is 1120. The van der Waals surface area contributed by atoms with E-state index < -0.39 is 12.1 Å². The van der Waals surface area contributed by atoms with Gasteiger partial charge in [0.05, 0.1) is 25.3 Å². The predicted molar refractivity (Wildman–Crippen MR) is 128 cm³/mol. The minimum absolute atomic E-state index is 0.0599. The second-order valence-electron chi connectivity index (χ2n) is 8.53. The van der Waals surface area contributed by atoms with Gasteiger partial charge in [-0.05, 0) is 61.2 Å². The zero-order valence-corrected chi connectivity index (χ0v) is 19.3. The number of aliphatic hydroxyl groups is 1. The van der Waals surface area contributed by atoms with E-state index >= 15 is 0 Å². The highest BCUT2D eigenvalue weighted by atomic mass is 19.1. The molecule has 0 saturated carbocycles. The second-order valence-corrected chi connectivity index (χ2v) is 8.53. The Kier molecular flexibility index (Phi) is 7.03. The third kappa shape index (κ3) is 4.70. The number of aliphatic hydroxyl groups excluding tert-OH is 1. The molecule has 7 heteroatoms. The van der Waals surface area contributed by atoms with Gasteiger partial charge in [0.25, 0.3) is 0 Å². The smallest absolute Gasteiger partial charge is 0.325 e. The summed E-state index contributed by atoms with van der Waals surface area (Å²) < 4.78 is 18.4. The van der Waals surface area contributed by atoms with Crippen LogP contribution in [0, 0.1) is 5.82 Å². The summed E-state index contributed by atoms with van der Waals surface area (Å²) in [6, 6.07) is 19.5. The first-order valence-corrected chi connectivity index (χ1v) is 11.3. The number of para-hydroxylation sites is 1. The van der Waals surface area contributed by atoms with E-state index in [1.807, 2.05) is 30.3 Å². The van der Waals surface area contributed by atoms with Crippen LogP contribution >= 0.6 is 0 Å². The summed E-state index contributed by atoms with van der Waals surface area (Å²) in [5.74, 6) is 0.249. The number of benzene rings is 3. The molecule has 178 valence electrons. The number of aromatic hydroxyl groups is 1. The number of phenolic OH excluding ortho intramolecular Hbond substituents is 1. The average molecular weight is 465 g/mol. The van der Waals surface area contributed by atoms with Gasteiger partial charge in [-0.3, -0.25) is 4.90 Å².